The molecule has 3 rings (SSSR count). The average molecular weight is 395 g/mol. The number of rotatable bonds is 5. The van der Waals surface area contributed by atoms with Crippen LogP contribution in [0.2, 0.25) is 0 Å². The van der Waals surface area contributed by atoms with Crippen molar-refractivity contribution in [1.29, 1.82) is 0 Å². The van der Waals surface area contributed by atoms with E-state index in [0.717, 1.165) is 5.56 Å². The van der Waals surface area contributed by atoms with Gasteiger partial charge in [-0.25, -0.2) is 4.68 Å². The van der Waals surface area contributed by atoms with Gasteiger partial charge in [0, 0.05) is 42.7 Å². The van der Waals surface area contributed by atoms with Crippen molar-refractivity contribution in [2.75, 3.05) is 12.4 Å². The van der Waals surface area contributed by atoms with Gasteiger partial charge in [-0.1, -0.05) is 24.3 Å². The van der Waals surface area contributed by atoms with Crippen LogP contribution in [0.25, 0.3) is 11.3 Å². The zero-order valence-corrected chi connectivity index (χ0v) is 16.0. The van der Waals surface area contributed by atoms with Gasteiger partial charge in [0.25, 0.3) is 5.69 Å². The number of carbonyl (C=O) groups is 1. The van der Waals surface area contributed by atoms with Gasteiger partial charge in [0.1, 0.15) is 0 Å². The van der Waals surface area contributed by atoms with Gasteiger partial charge in [-0.15, -0.1) is 11.3 Å². The monoisotopic (exact) mass is 395 g/mol. The standard InChI is InChI=1S/C19H17N5O3S/c1-13(25)22-16-8-6-14(7-9-16)11-21-23-18(12-28-19(23)20-2)15-4-3-5-17(10-15)24(26)27/h3-12H,1-2H3,(H,22,25)/b20-19?,21-11-. The maximum absolute atomic E-state index is 11.1. The van der Waals surface area contributed by atoms with Gasteiger partial charge in [-0.2, -0.15) is 5.10 Å². The molecule has 0 atom stereocenters. The second kappa shape index (κ2) is 8.40. The lowest BCUT2D eigenvalue weighted by atomic mass is 10.1. The molecule has 142 valence electrons. The third-order valence-corrected chi connectivity index (χ3v) is 4.69. The van der Waals surface area contributed by atoms with Crippen molar-refractivity contribution in [3.8, 4) is 11.3 Å². The maximum Gasteiger partial charge on any atom is 0.270 e. The molecule has 2 aromatic carbocycles. The Hall–Kier alpha value is -3.59. The van der Waals surface area contributed by atoms with Crippen molar-refractivity contribution in [2.45, 2.75) is 6.92 Å². The minimum Gasteiger partial charge on any atom is -0.326 e. The molecule has 0 bridgehead atoms. The Morgan fingerprint density at radius 3 is 2.64 bits per heavy atom. The number of nitro groups is 1. The van der Waals surface area contributed by atoms with E-state index in [1.807, 2.05) is 17.5 Å². The Bertz CT molecular complexity index is 1110. The molecule has 8 nitrogen and oxygen atoms in total. The quantitative estimate of drug-likeness (QED) is 0.406. The summed E-state index contributed by atoms with van der Waals surface area (Å²) in [7, 11) is 1.66. The maximum atomic E-state index is 11.1. The van der Waals surface area contributed by atoms with Gasteiger partial charge < -0.3 is 5.32 Å². The second-order valence-electron chi connectivity index (χ2n) is 5.79. The molecule has 0 aliphatic heterocycles. The van der Waals surface area contributed by atoms with Crippen LogP contribution in [0.5, 0.6) is 0 Å². The van der Waals surface area contributed by atoms with E-state index < -0.39 is 4.92 Å². The Labute approximate surface area is 164 Å². The third kappa shape index (κ3) is 4.38. The zero-order chi connectivity index (χ0) is 20.1. The van der Waals surface area contributed by atoms with Gasteiger partial charge in [-0.05, 0) is 17.7 Å². The Morgan fingerprint density at radius 1 is 1.25 bits per heavy atom. The van der Waals surface area contributed by atoms with Crippen LogP contribution < -0.4 is 10.1 Å². The summed E-state index contributed by atoms with van der Waals surface area (Å²) < 4.78 is 1.64. The highest BCUT2D eigenvalue weighted by molar-refractivity contribution is 7.07. The highest BCUT2D eigenvalue weighted by Gasteiger charge is 2.11. The highest BCUT2D eigenvalue weighted by atomic mass is 32.1. The van der Waals surface area contributed by atoms with E-state index >= 15 is 0 Å². The normalized spacial score (nSPS) is 11.7. The summed E-state index contributed by atoms with van der Waals surface area (Å²) in [5, 5.41) is 20.1. The Kier molecular flexibility index (Phi) is 5.75. The largest absolute Gasteiger partial charge is 0.326 e. The number of benzene rings is 2. The summed E-state index contributed by atoms with van der Waals surface area (Å²) in [5.41, 5.74) is 2.94. The molecule has 0 fully saturated rings. The van der Waals surface area contributed by atoms with E-state index in [1.165, 1.54) is 30.4 Å². The van der Waals surface area contributed by atoms with Crippen molar-refractivity contribution >= 4 is 34.8 Å². The van der Waals surface area contributed by atoms with Crippen LogP contribution >= 0.6 is 11.3 Å². The van der Waals surface area contributed by atoms with E-state index in [1.54, 1.807) is 42.2 Å². The summed E-state index contributed by atoms with van der Waals surface area (Å²) in [5.74, 6) is -0.133. The third-order valence-electron chi connectivity index (χ3n) is 3.78. The van der Waals surface area contributed by atoms with Gasteiger partial charge >= 0.3 is 0 Å². The van der Waals surface area contributed by atoms with Gasteiger partial charge in [0.2, 0.25) is 10.7 Å². The van der Waals surface area contributed by atoms with Crippen molar-refractivity contribution in [3.05, 3.63) is 74.4 Å². The summed E-state index contributed by atoms with van der Waals surface area (Å²) in [6, 6.07) is 13.6. The first-order valence-corrected chi connectivity index (χ1v) is 9.16. The smallest absolute Gasteiger partial charge is 0.270 e. The van der Waals surface area contributed by atoms with Crippen LogP contribution in [-0.4, -0.2) is 28.8 Å². The van der Waals surface area contributed by atoms with E-state index in [4.69, 9.17) is 0 Å². The summed E-state index contributed by atoms with van der Waals surface area (Å²) >= 11 is 1.39. The average Bonchev–Trinajstić information content (AvgIpc) is 3.10. The van der Waals surface area contributed by atoms with E-state index in [0.29, 0.717) is 21.7 Å². The molecule has 1 heterocycles. The molecule has 0 aliphatic carbocycles. The predicted octanol–water partition coefficient (Wildman–Crippen LogP) is 3.50. The van der Waals surface area contributed by atoms with Crippen LogP contribution in [0.15, 0.2) is 64.0 Å². The topological polar surface area (TPSA) is 102 Å². The molecule has 1 N–H and O–H groups in total. The molecule has 0 unspecified atom stereocenters. The van der Waals surface area contributed by atoms with Gasteiger partial charge in [-0.3, -0.25) is 19.9 Å². The minimum absolute atomic E-state index is 0.0165. The number of anilines is 1. The molecule has 0 saturated heterocycles. The molecule has 9 heteroatoms. The number of carbonyl (C=O) groups excluding carboxylic acids is 1. The fraction of sp³-hybridized carbons (Fsp3) is 0.105. The van der Waals surface area contributed by atoms with Crippen LogP contribution in [0, 0.1) is 10.1 Å². The number of nitrogens with one attached hydrogen (secondary N) is 1. The molecular weight excluding hydrogens is 378 g/mol. The first kappa shape index (κ1) is 19.2. The SMILES string of the molecule is CN=c1scc(-c2cccc([N+](=O)[O-])c2)n1/N=C\c1ccc(NC(C)=O)cc1. The molecule has 0 saturated carbocycles. The molecule has 3 aromatic rings. The first-order chi connectivity index (χ1) is 13.5. The zero-order valence-electron chi connectivity index (χ0n) is 15.2. The van der Waals surface area contributed by atoms with E-state index in [-0.39, 0.29) is 11.6 Å². The fourth-order valence-electron chi connectivity index (χ4n) is 2.52. The Morgan fingerprint density at radius 2 is 2.00 bits per heavy atom. The van der Waals surface area contributed by atoms with Crippen molar-refractivity contribution < 1.29 is 9.72 Å². The number of hydrogen-bond donors (Lipinski definition) is 1. The molecule has 0 spiro atoms. The second-order valence-corrected chi connectivity index (χ2v) is 6.63. The molecule has 1 aromatic heterocycles. The van der Waals surface area contributed by atoms with Gasteiger partial charge in [0.05, 0.1) is 16.8 Å². The van der Waals surface area contributed by atoms with Crippen LogP contribution in [0.4, 0.5) is 11.4 Å². The molecule has 0 aliphatic rings. The fourth-order valence-corrected chi connectivity index (χ4v) is 3.32. The predicted molar refractivity (Wildman–Crippen MR) is 110 cm³/mol. The number of hydrogen-bond acceptors (Lipinski definition) is 6. The molecule has 28 heavy (non-hydrogen) atoms. The lowest BCUT2D eigenvalue weighted by molar-refractivity contribution is -0.384. The first-order valence-electron chi connectivity index (χ1n) is 8.28. The van der Waals surface area contributed by atoms with Crippen molar-refractivity contribution in [2.24, 2.45) is 10.1 Å². The summed E-state index contributed by atoms with van der Waals surface area (Å²) in [6.45, 7) is 1.45. The number of nitrogens with zero attached hydrogens (tertiary/aromatic N) is 4. The summed E-state index contributed by atoms with van der Waals surface area (Å²) in [4.78, 5) is 26.6. The van der Waals surface area contributed by atoms with Crippen molar-refractivity contribution in [1.82, 2.24) is 4.68 Å². The van der Waals surface area contributed by atoms with Crippen LogP contribution in [0.3, 0.4) is 0 Å². The van der Waals surface area contributed by atoms with E-state index in [2.05, 4.69) is 15.4 Å². The number of nitro benzene ring substituents is 1. The highest BCUT2D eigenvalue weighted by Crippen LogP contribution is 2.24. The lowest BCUT2D eigenvalue weighted by Crippen LogP contribution is -2.11. The van der Waals surface area contributed by atoms with Crippen molar-refractivity contribution in [3.63, 3.8) is 0 Å². The molecule has 0 radical (unpaired) electrons. The number of non-ortho nitro benzene ring substituents is 1. The number of thiazole rings is 1. The number of aromatic nitrogens is 1. The van der Waals surface area contributed by atoms with Crippen LogP contribution in [0.1, 0.15) is 12.5 Å². The van der Waals surface area contributed by atoms with E-state index in [9.17, 15) is 14.9 Å². The number of amides is 1. The van der Waals surface area contributed by atoms with Gasteiger partial charge in [0.15, 0.2) is 0 Å². The van der Waals surface area contributed by atoms with Crippen LogP contribution in [-0.2, 0) is 4.79 Å². The minimum atomic E-state index is -0.425. The molecular formula is C19H17N5O3S. The molecule has 1 amide bonds. The lowest BCUT2D eigenvalue weighted by Gasteiger charge is -2.04. The Balaban J connectivity index is 1.95. The summed E-state index contributed by atoms with van der Waals surface area (Å²) in [6.07, 6.45) is 1.67.